The van der Waals surface area contributed by atoms with E-state index in [1.54, 1.807) is 0 Å². The highest BCUT2D eigenvalue weighted by Crippen LogP contribution is 2.23. The standard InChI is InChI=1S/C19H16I2N2/c1-13-11-15(12-22-19-6-4-3-5-18(19)21)14(2)23(13)17-9-7-16(20)8-10-17/h3-12H,1-2H3. The molecule has 0 fully saturated rings. The molecule has 116 valence electrons. The van der Waals surface area contributed by atoms with E-state index in [1.165, 1.54) is 20.6 Å². The molecule has 0 amide bonds. The highest BCUT2D eigenvalue weighted by atomic mass is 127. The van der Waals surface area contributed by atoms with Gasteiger partial charge in [-0.1, -0.05) is 12.1 Å². The van der Waals surface area contributed by atoms with Gasteiger partial charge >= 0.3 is 0 Å². The van der Waals surface area contributed by atoms with Crippen molar-refractivity contribution in [3.63, 3.8) is 0 Å². The van der Waals surface area contributed by atoms with Crippen molar-refractivity contribution in [2.45, 2.75) is 13.8 Å². The summed E-state index contributed by atoms with van der Waals surface area (Å²) in [5, 5.41) is 0. The lowest BCUT2D eigenvalue weighted by atomic mass is 10.2. The number of rotatable bonds is 3. The Labute approximate surface area is 163 Å². The number of hydrogen-bond acceptors (Lipinski definition) is 1. The summed E-state index contributed by atoms with van der Waals surface area (Å²) < 4.78 is 4.68. The third-order valence-electron chi connectivity index (χ3n) is 3.75. The Bertz CT molecular complexity index is 862. The summed E-state index contributed by atoms with van der Waals surface area (Å²) in [6.45, 7) is 4.27. The minimum Gasteiger partial charge on any atom is -0.318 e. The molecule has 2 aromatic carbocycles. The summed E-state index contributed by atoms with van der Waals surface area (Å²) in [6.07, 6.45) is 1.96. The first-order valence-electron chi connectivity index (χ1n) is 7.30. The highest BCUT2D eigenvalue weighted by Gasteiger charge is 2.09. The zero-order valence-corrected chi connectivity index (χ0v) is 17.2. The van der Waals surface area contributed by atoms with Crippen LogP contribution in [0.1, 0.15) is 17.0 Å². The Morgan fingerprint density at radius 1 is 0.957 bits per heavy atom. The molecule has 0 saturated carbocycles. The van der Waals surface area contributed by atoms with Gasteiger partial charge in [0.2, 0.25) is 0 Å². The van der Waals surface area contributed by atoms with Gasteiger partial charge in [-0.15, -0.1) is 0 Å². The Kier molecular flexibility index (Phi) is 5.21. The van der Waals surface area contributed by atoms with Crippen molar-refractivity contribution < 1.29 is 0 Å². The third kappa shape index (κ3) is 3.68. The molecular weight excluding hydrogens is 510 g/mol. The molecule has 0 aliphatic carbocycles. The van der Waals surface area contributed by atoms with Crippen molar-refractivity contribution in [1.82, 2.24) is 4.57 Å². The van der Waals surface area contributed by atoms with E-state index < -0.39 is 0 Å². The molecule has 0 atom stereocenters. The van der Waals surface area contributed by atoms with E-state index in [2.05, 4.69) is 105 Å². The molecule has 0 N–H and O–H groups in total. The molecule has 1 heterocycles. The van der Waals surface area contributed by atoms with Crippen LogP contribution in [0.25, 0.3) is 5.69 Å². The maximum atomic E-state index is 4.65. The second-order valence-electron chi connectivity index (χ2n) is 5.35. The van der Waals surface area contributed by atoms with Crippen LogP contribution in [0.3, 0.4) is 0 Å². The Morgan fingerprint density at radius 2 is 1.65 bits per heavy atom. The predicted octanol–water partition coefficient (Wildman–Crippen LogP) is 6.05. The number of hydrogen-bond donors (Lipinski definition) is 0. The van der Waals surface area contributed by atoms with Crippen molar-refractivity contribution >= 4 is 57.1 Å². The largest absolute Gasteiger partial charge is 0.318 e. The van der Waals surface area contributed by atoms with Crippen LogP contribution in [0.2, 0.25) is 0 Å². The van der Waals surface area contributed by atoms with E-state index in [0.29, 0.717) is 0 Å². The average Bonchev–Trinajstić information content (AvgIpc) is 2.82. The zero-order valence-electron chi connectivity index (χ0n) is 12.9. The predicted molar refractivity (Wildman–Crippen MR) is 114 cm³/mol. The van der Waals surface area contributed by atoms with Gasteiger partial charge in [-0.3, -0.25) is 4.99 Å². The van der Waals surface area contributed by atoms with Crippen LogP contribution >= 0.6 is 45.2 Å². The van der Waals surface area contributed by atoms with Crippen LogP contribution in [-0.4, -0.2) is 10.8 Å². The van der Waals surface area contributed by atoms with E-state index in [-0.39, 0.29) is 0 Å². The van der Waals surface area contributed by atoms with Crippen molar-refractivity contribution in [3.05, 3.63) is 78.7 Å². The summed E-state index contributed by atoms with van der Waals surface area (Å²) in [7, 11) is 0. The fourth-order valence-electron chi connectivity index (χ4n) is 2.60. The fourth-order valence-corrected chi connectivity index (χ4v) is 3.49. The number of nitrogens with zero attached hydrogens (tertiary/aromatic N) is 2. The number of aliphatic imine (C=N–C) groups is 1. The molecule has 0 bridgehead atoms. The van der Waals surface area contributed by atoms with Crippen LogP contribution in [0.4, 0.5) is 5.69 Å². The van der Waals surface area contributed by atoms with Crippen LogP contribution in [0.15, 0.2) is 59.6 Å². The summed E-state index contributed by atoms with van der Waals surface area (Å²) in [4.78, 5) is 4.65. The summed E-state index contributed by atoms with van der Waals surface area (Å²) >= 11 is 4.65. The molecule has 1 aromatic heterocycles. The van der Waals surface area contributed by atoms with Crippen molar-refractivity contribution in [1.29, 1.82) is 0 Å². The molecule has 0 radical (unpaired) electrons. The number of para-hydroxylation sites is 1. The summed E-state index contributed by atoms with van der Waals surface area (Å²) in [5.74, 6) is 0. The number of halogens is 2. The minimum absolute atomic E-state index is 1.01. The first-order chi connectivity index (χ1) is 11.1. The molecule has 0 aliphatic rings. The van der Waals surface area contributed by atoms with E-state index in [9.17, 15) is 0 Å². The normalized spacial score (nSPS) is 11.3. The van der Waals surface area contributed by atoms with E-state index >= 15 is 0 Å². The van der Waals surface area contributed by atoms with Gasteiger partial charge in [0.15, 0.2) is 0 Å². The maximum absolute atomic E-state index is 4.65. The Balaban J connectivity index is 1.98. The zero-order chi connectivity index (χ0) is 16.4. The first kappa shape index (κ1) is 16.7. The SMILES string of the molecule is Cc1cc(C=Nc2ccccc2I)c(C)n1-c1ccc(I)cc1. The fraction of sp³-hybridized carbons (Fsp3) is 0.105. The molecule has 2 nitrogen and oxygen atoms in total. The molecule has 3 aromatic rings. The van der Waals surface area contributed by atoms with Crippen LogP contribution < -0.4 is 0 Å². The summed E-state index contributed by atoms with van der Waals surface area (Å²) in [6, 6.07) is 18.9. The first-order valence-corrected chi connectivity index (χ1v) is 9.45. The third-order valence-corrected chi connectivity index (χ3v) is 5.38. The molecule has 0 unspecified atom stereocenters. The van der Waals surface area contributed by atoms with Crippen LogP contribution in [0, 0.1) is 21.0 Å². The van der Waals surface area contributed by atoms with Crippen molar-refractivity contribution in [2.24, 2.45) is 4.99 Å². The lowest BCUT2D eigenvalue weighted by Crippen LogP contribution is -1.99. The lowest BCUT2D eigenvalue weighted by molar-refractivity contribution is 0.964. The number of aromatic nitrogens is 1. The van der Waals surface area contributed by atoms with Gasteiger partial charge in [0, 0.05) is 36.0 Å². The molecule has 0 aliphatic heterocycles. The monoisotopic (exact) mass is 526 g/mol. The van der Waals surface area contributed by atoms with Gasteiger partial charge in [0.25, 0.3) is 0 Å². The Morgan fingerprint density at radius 3 is 2.35 bits per heavy atom. The van der Waals surface area contributed by atoms with Gasteiger partial charge in [-0.2, -0.15) is 0 Å². The number of aryl methyl sites for hydroxylation is 1. The smallest absolute Gasteiger partial charge is 0.0763 e. The summed E-state index contributed by atoms with van der Waals surface area (Å²) in [5.41, 5.74) is 5.77. The highest BCUT2D eigenvalue weighted by molar-refractivity contribution is 14.1. The van der Waals surface area contributed by atoms with E-state index in [4.69, 9.17) is 0 Å². The van der Waals surface area contributed by atoms with Gasteiger partial charge in [0.05, 0.1) is 5.69 Å². The van der Waals surface area contributed by atoms with Gasteiger partial charge < -0.3 is 4.57 Å². The molecule has 3 rings (SSSR count). The second-order valence-corrected chi connectivity index (χ2v) is 7.76. The number of benzene rings is 2. The van der Waals surface area contributed by atoms with Crippen molar-refractivity contribution in [2.75, 3.05) is 0 Å². The maximum Gasteiger partial charge on any atom is 0.0763 e. The quantitative estimate of drug-likeness (QED) is 0.292. The van der Waals surface area contributed by atoms with Gasteiger partial charge in [-0.25, -0.2) is 0 Å². The molecule has 0 spiro atoms. The van der Waals surface area contributed by atoms with Crippen LogP contribution in [-0.2, 0) is 0 Å². The average molecular weight is 526 g/mol. The van der Waals surface area contributed by atoms with E-state index in [1.807, 2.05) is 24.4 Å². The molecular formula is C19H16I2N2. The van der Waals surface area contributed by atoms with Crippen LogP contribution in [0.5, 0.6) is 0 Å². The van der Waals surface area contributed by atoms with Gasteiger partial charge in [-0.05, 0) is 101 Å². The lowest BCUT2D eigenvalue weighted by Gasteiger charge is -2.09. The Hall–Kier alpha value is -1.15. The van der Waals surface area contributed by atoms with Gasteiger partial charge in [0.1, 0.15) is 0 Å². The van der Waals surface area contributed by atoms with Crippen molar-refractivity contribution in [3.8, 4) is 5.69 Å². The molecule has 4 heteroatoms. The second kappa shape index (κ2) is 7.17. The van der Waals surface area contributed by atoms with E-state index in [0.717, 1.165) is 14.8 Å². The molecule has 23 heavy (non-hydrogen) atoms. The topological polar surface area (TPSA) is 17.3 Å². The minimum atomic E-state index is 1.01. The molecule has 0 saturated heterocycles.